The highest BCUT2D eigenvalue weighted by atomic mass is 16.1. The first-order chi connectivity index (χ1) is 11.1. The number of fused-ring (bicyclic) bond motifs is 1. The average molecular weight is 309 g/mol. The topological polar surface area (TPSA) is 35.6 Å². The van der Waals surface area contributed by atoms with Gasteiger partial charge in [-0.1, -0.05) is 24.3 Å². The molecule has 1 heterocycles. The van der Waals surface area contributed by atoms with Gasteiger partial charge in [0.05, 0.1) is 6.04 Å². The van der Waals surface area contributed by atoms with Gasteiger partial charge in [0.15, 0.2) is 0 Å². The van der Waals surface area contributed by atoms with Crippen LogP contribution >= 0.6 is 0 Å². The number of nitrogens with one attached hydrogen (secondary N) is 1. The van der Waals surface area contributed by atoms with E-state index < -0.39 is 0 Å². The molecular weight excluding hydrogens is 286 g/mol. The van der Waals surface area contributed by atoms with Crippen molar-refractivity contribution in [2.24, 2.45) is 0 Å². The third-order valence-corrected chi connectivity index (χ3v) is 4.41. The SMILES string of the molecule is CN(C)c1cccc(C(=O)NC2CCN(C)c3ccccc32)c1. The molecule has 0 fully saturated rings. The van der Waals surface area contributed by atoms with E-state index in [1.165, 1.54) is 11.3 Å². The molecule has 0 bridgehead atoms. The smallest absolute Gasteiger partial charge is 0.251 e. The van der Waals surface area contributed by atoms with Crippen molar-refractivity contribution in [2.45, 2.75) is 12.5 Å². The van der Waals surface area contributed by atoms with Crippen molar-refractivity contribution in [1.82, 2.24) is 5.32 Å². The van der Waals surface area contributed by atoms with Crippen LogP contribution < -0.4 is 15.1 Å². The van der Waals surface area contributed by atoms with Gasteiger partial charge in [-0.15, -0.1) is 0 Å². The molecule has 1 aliphatic rings. The molecule has 1 atom stereocenters. The van der Waals surface area contributed by atoms with Crippen LogP contribution in [0.5, 0.6) is 0 Å². The van der Waals surface area contributed by atoms with Crippen LogP contribution in [0, 0.1) is 0 Å². The number of carbonyl (C=O) groups excluding carboxylic acids is 1. The zero-order valence-corrected chi connectivity index (χ0v) is 13.9. The van der Waals surface area contributed by atoms with E-state index in [0.29, 0.717) is 5.56 Å². The minimum Gasteiger partial charge on any atom is -0.378 e. The maximum atomic E-state index is 12.6. The highest BCUT2D eigenvalue weighted by molar-refractivity contribution is 5.95. The molecule has 23 heavy (non-hydrogen) atoms. The van der Waals surface area contributed by atoms with Gasteiger partial charge in [-0.25, -0.2) is 0 Å². The molecule has 0 aromatic heterocycles. The van der Waals surface area contributed by atoms with Crippen molar-refractivity contribution in [3.05, 3.63) is 59.7 Å². The molecule has 0 saturated carbocycles. The molecular formula is C19H23N3O. The van der Waals surface area contributed by atoms with E-state index in [2.05, 4.69) is 29.4 Å². The van der Waals surface area contributed by atoms with Gasteiger partial charge < -0.3 is 15.1 Å². The fourth-order valence-electron chi connectivity index (χ4n) is 3.05. The lowest BCUT2D eigenvalue weighted by Crippen LogP contribution is -2.36. The summed E-state index contributed by atoms with van der Waals surface area (Å²) < 4.78 is 0. The summed E-state index contributed by atoms with van der Waals surface area (Å²) >= 11 is 0. The van der Waals surface area contributed by atoms with Crippen LogP contribution in [0.4, 0.5) is 11.4 Å². The Labute approximate surface area is 137 Å². The summed E-state index contributed by atoms with van der Waals surface area (Å²) in [6.45, 7) is 0.944. The lowest BCUT2D eigenvalue weighted by Gasteiger charge is -2.33. The van der Waals surface area contributed by atoms with E-state index in [0.717, 1.165) is 18.7 Å². The normalized spacial score (nSPS) is 16.7. The zero-order chi connectivity index (χ0) is 16.4. The molecule has 2 aromatic carbocycles. The Morgan fingerprint density at radius 1 is 1.17 bits per heavy atom. The summed E-state index contributed by atoms with van der Waals surface area (Å²) in [7, 11) is 6.05. The number of benzene rings is 2. The molecule has 0 spiro atoms. The summed E-state index contributed by atoms with van der Waals surface area (Å²) in [5.41, 5.74) is 4.12. The molecule has 1 aliphatic heterocycles. The molecule has 120 valence electrons. The molecule has 4 heteroatoms. The maximum Gasteiger partial charge on any atom is 0.251 e. The van der Waals surface area contributed by atoms with Gasteiger partial charge in [0.2, 0.25) is 0 Å². The largest absolute Gasteiger partial charge is 0.378 e. The standard InChI is InChI=1S/C19H23N3O/c1-21(2)15-8-6-7-14(13-15)19(23)20-17-11-12-22(3)18-10-5-4-9-16(17)18/h4-10,13,17H,11-12H2,1-3H3,(H,20,23). The molecule has 2 aromatic rings. The highest BCUT2D eigenvalue weighted by Gasteiger charge is 2.24. The predicted octanol–water partition coefficient (Wildman–Crippen LogP) is 3.06. The van der Waals surface area contributed by atoms with Gasteiger partial charge in [0.25, 0.3) is 5.91 Å². The van der Waals surface area contributed by atoms with Gasteiger partial charge in [-0.3, -0.25) is 4.79 Å². The van der Waals surface area contributed by atoms with Crippen molar-refractivity contribution in [1.29, 1.82) is 0 Å². The van der Waals surface area contributed by atoms with E-state index in [1.807, 2.05) is 55.4 Å². The van der Waals surface area contributed by atoms with Gasteiger partial charge in [-0.2, -0.15) is 0 Å². The van der Waals surface area contributed by atoms with Gasteiger partial charge in [-0.05, 0) is 36.2 Å². The van der Waals surface area contributed by atoms with Crippen molar-refractivity contribution in [3.63, 3.8) is 0 Å². The second kappa shape index (κ2) is 6.32. The minimum atomic E-state index is -0.0157. The van der Waals surface area contributed by atoms with E-state index >= 15 is 0 Å². The first kappa shape index (κ1) is 15.4. The zero-order valence-electron chi connectivity index (χ0n) is 13.9. The lowest BCUT2D eigenvalue weighted by atomic mass is 9.96. The van der Waals surface area contributed by atoms with Gasteiger partial charge >= 0.3 is 0 Å². The van der Waals surface area contributed by atoms with Crippen molar-refractivity contribution >= 4 is 17.3 Å². The number of nitrogens with zero attached hydrogens (tertiary/aromatic N) is 2. The third kappa shape index (κ3) is 3.16. The molecule has 3 rings (SSSR count). The second-order valence-corrected chi connectivity index (χ2v) is 6.24. The average Bonchev–Trinajstić information content (AvgIpc) is 2.57. The van der Waals surface area contributed by atoms with Crippen molar-refractivity contribution in [3.8, 4) is 0 Å². The second-order valence-electron chi connectivity index (χ2n) is 6.24. The van der Waals surface area contributed by atoms with E-state index in [1.54, 1.807) is 0 Å². The van der Waals surface area contributed by atoms with E-state index in [9.17, 15) is 4.79 Å². The monoisotopic (exact) mass is 309 g/mol. The molecule has 1 amide bonds. The minimum absolute atomic E-state index is 0.0157. The summed E-state index contributed by atoms with van der Waals surface area (Å²) in [5, 5.41) is 3.19. The third-order valence-electron chi connectivity index (χ3n) is 4.41. The Bertz CT molecular complexity index is 711. The van der Waals surface area contributed by atoms with Crippen LogP contribution in [0.15, 0.2) is 48.5 Å². The first-order valence-electron chi connectivity index (χ1n) is 7.94. The summed E-state index contributed by atoms with van der Waals surface area (Å²) in [6.07, 6.45) is 0.923. The number of amides is 1. The van der Waals surface area contributed by atoms with Crippen LogP contribution in [0.2, 0.25) is 0 Å². The van der Waals surface area contributed by atoms with Crippen LogP contribution in [-0.4, -0.2) is 33.6 Å². The summed E-state index contributed by atoms with van der Waals surface area (Å²) in [4.78, 5) is 16.9. The molecule has 1 unspecified atom stereocenters. The number of anilines is 2. The Balaban J connectivity index is 1.81. The number of hydrogen-bond acceptors (Lipinski definition) is 3. The molecule has 0 saturated heterocycles. The molecule has 0 radical (unpaired) electrons. The molecule has 0 aliphatic carbocycles. The van der Waals surface area contributed by atoms with Crippen LogP contribution in [-0.2, 0) is 0 Å². The van der Waals surface area contributed by atoms with Gasteiger partial charge in [0.1, 0.15) is 0 Å². The fourth-order valence-corrected chi connectivity index (χ4v) is 3.05. The molecule has 1 N–H and O–H groups in total. The Morgan fingerprint density at radius 2 is 1.96 bits per heavy atom. The van der Waals surface area contributed by atoms with Gasteiger partial charge in [0, 0.05) is 44.6 Å². The highest BCUT2D eigenvalue weighted by Crippen LogP contribution is 2.32. The maximum absolute atomic E-state index is 12.6. The predicted molar refractivity (Wildman–Crippen MR) is 95.3 cm³/mol. The number of para-hydroxylation sites is 1. The lowest BCUT2D eigenvalue weighted by molar-refractivity contribution is 0.0934. The summed E-state index contributed by atoms with van der Waals surface area (Å²) in [5.74, 6) is -0.0157. The molecule has 4 nitrogen and oxygen atoms in total. The Hall–Kier alpha value is -2.49. The summed E-state index contributed by atoms with van der Waals surface area (Å²) in [6, 6.07) is 16.1. The number of rotatable bonds is 3. The van der Waals surface area contributed by atoms with Crippen LogP contribution in [0.1, 0.15) is 28.4 Å². The van der Waals surface area contributed by atoms with E-state index in [4.69, 9.17) is 0 Å². The quantitative estimate of drug-likeness (QED) is 0.946. The number of hydrogen-bond donors (Lipinski definition) is 1. The van der Waals surface area contributed by atoms with E-state index in [-0.39, 0.29) is 11.9 Å². The van der Waals surface area contributed by atoms with Crippen LogP contribution in [0.3, 0.4) is 0 Å². The number of carbonyl (C=O) groups is 1. The van der Waals surface area contributed by atoms with Crippen molar-refractivity contribution in [2.75, 3.05) is 37.5 Å². The Kier molecular flexibility index (Phi) is 4.24. The fraction of sp³-hybridized carbons (Fsp3) is 0.316. The van der Waals surface area contributed by atoms with Crippen molar-refractivity contribution < 1.29 is 4.79 Å². The van der Waals surface area contributed by atoms with Crippen LogP contribution in [0.25, 0.3) is 0 Å². The Morgan fingerprint density at radius 3 is 2.74 bits per heavy atom. The first-order valence-corrected chi connectivity index (χ1v) is 7.94.